The molecule has 0 aliphatic carbocycles. The van der Waals surface area contributed by atoms with E-state index >= 15 is 0 Å². The van der Waals surface area contributed by atoms with E-state index in [1.165, 1.54) is 4.88 Å². The normalized spacial score (nSPS) is 12.5. The lowest BCUT2D eigenvalue weighted by Gasteiger charge is -2.17. The van der Waals surface area contributed by atoms with Gasteiger partial charge in [-0.25, -0.2) is 15.8 Å². The first kappa shape index (κ1) is 12.9. The Kier molecular flexibility index (Phi) is 3.53. The molecule has 104 valence electrons. The first-order chi connectivity index (χ1) is 9.81. The number of thiophene rings is 1. The quantitative estimate of drug-likeness (QED) is 0.497. The molecule has 0 saturated heterocycles. The first-order valence-electron chi connectivity index (χ1n) is 6.42. The number of hydrogen-bond acceptors (Lipinski definition) is 6. The molecule has 0 amide bonds. The van der Waals surface area contributed by atoms with Gasteiger partial charge in [0.15, 0.2) is 17.3 Å². The lowest BCUT2D eigenvalue weighted by molar-refractivity contribution is 0.758. The first-order valence-corrected chi connectivity index (χ1v) is 7.30. The van der Waals surface area contributed by atoms with Crippen molar-refractivity contribution >= 4 is 28.6 Å². The fraction of sp³-hybridized carbons (Fsp3) is 0.231. The third-order valence-electron chi connectivity index (χ3n) is 3.13. The molecule has 7 heteroatoms. The van der Waals surface area contributed by atoms with Crippen molar-refractivity contribution in [2.75, 3.05) is 10.7 Å². The molecule has 3 aromatic rings. The Labute approximate surface area is 120 Å². The van der Waals surface area contributed by atoms with Crippen LogP contribution >= 0.6 is 11.3 Å². The molecule has 3 aromatic heterocycles. The predicted molar refractivity (Wildman–Crippen MR) is 81.8 cm³/mol. The second kappa shape index (κ2) is 5.48. The van der Waals surface area contributed by atoms with Gasteiger partial charge in [-0.15, -0.1) is 11.3 Å². The van der Waals surface area contributed by atoms with Crippen LogP contribution in [0, 0.1) is 0 Å². The third-order valence-corrected chi connectivity index (χ3v) is 4.11. The van der Waals surface area contributed by atoms with E-state index < -0.39 is 0 Å². The van der Waals surface area contributed by atoms with Crippen LogP contribution in [-0.4, -0.2) is 14.4 Å². The van der Waals surface area contributed by atoms with Crippen LogP contribution in [0.4, 0.5) is 11.6 Å². The topological polar surface area (TPSA) is 80.3 Å². The van der Waals surface area contributed by atoms with Gasteiger partial charge in [-0.3, -0.25) is 0 Å². The van der Waals surface area contributed by atoms with Crippen molar-refractivity contribution < 1.29 is 0 Å². The number of nitrogen functional groups attached to an aromatic ring is 1. The molecule has 3 rings (SSSR count). The maximum absolute atomic E-state index is 5.46. The van der Waals surface area contributed by atoms with Gasteiger partial charge < -0.3 is 15.1 Å². The number of nitrogens with one attached hydrogen (secondary N) is 2. The number of hydrazine groups is 1. The number of anilines is 2. The minimum Gasteiger partial charge on any atom is -0.359 e. The van der Waals surface area contributed by atoms with Crippen LogP contribution in [-0.2, 0) is 0 Å². The molecule has 1 atom stereocenters. The lowest BCUT2D eigenvalue weighted by Crippen LogP contribution is -2.14. The van der Waals surface area contributed by atoms with E-state index in [-0.39, 0.29) is 6.04 Å². The largest absolute Gasteiger partial charge is 0.359 e. The number of nitrogens with two attached hydrogens (primary N) is 1. The highest BCUT2D eigenvalue weighted by Gasteiger charge is 2.14. The van der Waals surface area contributed by atoms with Gasteiger partial charge in [0.1, 0.15) is 0 Å². The number of fused-ring (bicyclic) bond motifs is 1. The van der Waals surface area contributed by atoms with Gasteiger partial charge in [-0.1, -0.05) is 13.0 Å². The van der Waals surface area contributed by atoms with Crippen molar-refractivity contribution in [2.24, 2.45) is 5.84 Å². The zero-order valence-electron chi connectivity index (χ0n) is 11.1. The summed E-state index contributed by atoms with van der Waals surface area (Å²) in [7, 11) is 0. The molecule has 20 heavy (non-hydrogen) atoms. The molecule has 1 unspecified atom stereocenters. The molecule has 3 heterocycles. The lowest BCUT2D eigenvalue weighted by atomic mass is 10.2. The third kappa shape index (κ3) is 2.33. The van der Waals surface area contributed by atoms with E-state index in [1.807, 2.05) is 10.6 Å². The second-order valence-electron chi connectivity index (χ2n) is 4.40. The molecule has 0 aromatic carbocycles. The van der Waals surface area contributed by atoms with Gasteiger partial charge in [-0.05, 0) is 17.9 Å². The minimum absolute atomic E-state index is 0.219. The van der Waals surface area contributed by atoms with E-state index in [1.54, 1.807) is 23.7 Å². The summed E-state index contributed by atoms with van der Waals surface area (Å²) >= 11 is 1.73. The summed E-state index contributed by atoms with van der Waals surface area (Å²) in [4.78, 5) is 10.1. The zero-order valence-corrected chi connectivity index (χ0v) is 11.9. The highest BCUT2D eigenvalue weighted by molar-refractivity contribution is 7.10. The minimum atomic E-state index is 0.219. The van der Waals surface area contributed by atoms with Crippen molar-refractivity contribution in [1.82, 2.24) is 14.4 Å². The van der Waals surface area contributed by atoms with Crippen molar-refractivity contribution in [3.05, 3.63) is 41.0 Å². The van der Waals surface area contributed by atoms with Crippen molar-refractivity contribution in [1.29, 1.82) is 0 Å². The Bertz CT molecular complexity index is 690. The maximum atomic E-state index is 5.46. The average Bonchev–Trinajstić information content (AvgIpc) is 3.14. The van der Waals surface area contributed by atoms with Gasteiger partial charge in [0.05, 0.1) is 12.2 Å². The highest BCUT2D eigenvalue weighted by Crippen LogP contribution is 2.27. The van der Waals surface area contributed by atoms with Crippen molar-refractivity contribution in [3.8, 4) is 0 Å². The monoisotopic (exact) mass is 288 g/mol. The number of imidazole rings is 1. The summed E-state index contributed by atoms with van der Waals surface area (Å²) in [6.07, 6.45) is 6.39. The standard InChI is InChI=1S/C13H16N6S/c1-2-9(10-4-3-7-20-10)16-12-13-15-5-6-19(13)8-11(17-12)18-14/h3-9,18H,2,14H2,1H3,(H,16,17). The smallest absolute Gasteiger partial charge is 0.180 e. The van der Waals surface area contributed by atoms with Crippen molar-refractivity contribution in [3.63, 3.8) is 0 Å². The number of hydrogen-bond donors (Lipinski definition) is 3. The van der Waals surface area contributed by atoms with Crippen LogP contribution in [0.25, 0.3) is 5.65 Å². The summed E-state index contributed by atoms with van der Waals surface area (Å²) in [5.41, 5.74) is 3.37. The molecule has 4 N–H and O–H groups in total. The van der Waals surface area contributed by atoms with Crippen LogP contribution in [0.2, 0.25) is 0 Å². The van der Waals surface area contributed by atoms with Gasteiger partial charge in [0, 0.05) is 17.3 Å². The van der Waals surface area contributed by atoms with Crippen LogP contribution < -0.4 is 16.6 Å². The van der Waals surface area contributed by atoms with Gasteiger partial charge in [0.2, 0.25) is 0 Å². The van der Waals surface area contributed by atoms with Gasteiger partial charge in [-0.2, -0.15) is 0 Å². The van der Waals surface area contributed by atoms with Gasteiger partial charge in [0.25, 0.3) is 0 Å². The maximum Gasteiger partial charge on any atom is 0.180 e. The summed E-state index contributed by atoms with van der Waals surface area (Å²) < 4.78 is 1.89. The molecule has 0 radical (unpaired) electrons. The van der Waals surface area contributed by atoms with E-state index in [9.17, 15) is 0 Å². The molecule has 0 saturated carbocycles. The fourth-order valence-corrected chi connectivity index (χ4v) is 2.99. The Hall–Kier alpha value is -2.12. The van der Waals surface area contributed by atoms with Crippen LogP contribution in [0.3, 0.4) is 0 Å². The molecular weight excluding hydrogens is 272 g/mol. The Morgan fingerprint density at radius 2 is 2.40 bits per heavy atom. The molecular formula is C13H16N6S. The van der Waals surface area contributed by atoms with E-state index in [0.717, 1.165) is 17.9 Å². The van der Waals surface area contributed by atoms with E-state index in [0.29, 0.717) is 5.82 Å². The Morgan fingerprint density at radius 1 is 1.50 bits per heavy atom. The van der Waals surface area contributed by atoms with E-state index in [2.05, 4.69) is 45.1 Å². The predicted octanol–water partition coefficient (Wildman–Crippen LogP) is 2.64. The molecule has 0 spiro atoms. The van der Waals surface area contributed by atoms with Crippen LogP contribution in [0.15, 0.2) is 36.1 Å². The average molecular weight is 288 g/mol. The van der Waals surface area contributed by atoms with E-state index in [4.69, 9.17) is 5.84 Å². The number of nitrogens with zero attached hydrogens (tertiary/aromatic N) is 3. The SMILES string of the molecule is CCC(Nc1nc(NN)cn2ccnc12)c1cccs1. The van der Waals surface area contributed by atoms with Gasteiger partial charge >= 0.3 is 0 Å². The molecule has 0 aliphatic heterocycles. The summed E-state index contributed by atoms with van der Waals surface area (Å²) in [6, 6.07) is 4.40. The Morgan fingerprint density at radius 3 is 3.10 bits per heavy atom. The summed E-state index contributed by atoms with van der Waals surface area (Å²) in [6.45, 7) is 2.14. The van der Waals surface area contributed by atoms with Crippen molar-refractivity contribution in [2.45, 2.75) is 19.4 Å². The highest BCUT2D eigenvalue weighted by atomic mass is 32.1. The molecule has 6 nitrogen and oxygen atoms in total. The molecule has 0 bridgehead atoms. The summed E-state index contributed by atoms with van der Waals surface area (Å²) in [5, 5.41) is 5.53. The fourth-order valence-electron chi connectivity index (χ4n) is 2.13. The number of aromatic nitrogens is 3. The molecule has 0 fully saturated rings. The van der Waals surface area contributed by atoms with Crippen LogP contribution in [0.1, 0.15) is 24.3 Å². The van der Waals surface area contributed by atoms with Crippen LogP contribution in [0.5, 0.6) is 0 Å². The number of rotatable bonds is 5. The molecule has 0 aliphatic rings. The zero-order chi connectivity index (χ0) is 13.9. The summed E-state index contributed by atoms with van der Waals surface area (Å²) in [5.74, 6) is 6.79. The Balaban J connectivity index is 1.98. The second-order valence-corrected chi connectivity index (χ2v) is 5.38.